The van der Waals surface area contributed by atoms with E-state index in [-0.39, 0.29) is 5.41 Å². The van der Waals surface area contributed by atoms with E-state index in [1.165, 1.54) is 70.6 Å². The van der Waals surface area contributed by atoms with E-state index in [0.717, 1.165) is 0 Å². The van der Waals surface area contributed by atoms with Crippen molar-refractivity contribution >= 4 is 53.9 Å². The van der Waals surface area contributed by atoms with Crippen molar-refractivity contribution < 1.29 is 0 Å². The lowest BCUT2D eigenvalue weighted by Gasteiger charge is -2.24. The van der Waals surface area contributed by atoms with Crippen molar-refractivity contribution in [2.24, 2.45) is 0 Å². The van der Waals surface area contributed by atoms with Crippen LogP contribution < -0.4 is 0 Å². The van der Waals surface area contributed by atoms with E-state index in [9.17, 15) is 0 Å². The molecule has 7 aromatic rings. The molecule has 34 heavy (non-hydrogen) atoms. The van der Waals surface area contributed by atoms with Crippen molar-refractivity contribution in [2.75, 3.05) is 0 Å². The topological polar surface area (TPSA) is 0 Å². The third-order valence-electron chi connectivity index (χ3n) is 7.51. The van der Waals surface area contributed by atoms with Crippen molar-refractivity contribution in [3.05, 3.63) is 109 Å². The third kappa shape index (κ3) is 2.66. The summed E-state index contributed by atoms with van der Waals surface area (Å²) in [6.07, 6.45) is 0. The average Bonchev–Trinajstić information content (AvgIpc) is 2.85. The standard InChI is InChI=1S/C34H26/c1-34(2,3)30-19-15-22-12-16-27-28(17-13-21-14-18-29(30)32(22)31(21)27)33-25-10-6-4-8-23(25)20-24-9-5-7-11-26(24)33/h4-20H,1-3H3. The molecule has 0 aliphatic heterocycles. The van der Waals surface area contributed by atoms with E-state index < -0.39 is 0 Å². The second-order valence-electron chi connectivity index (χ2n) is 10.6. The molecule has 0 atom stereocenters. The van der Waals surface area contributed by atoms with Gasteiger partial charge in [-0.15, -0.1) is 0 Å². The molecule has 0 nitrogen and oxygen atoms in total. The molecule has 162 valence electrons. The van der Waals surface area contributed by atoms with Crippen molar-refractivity contribution in [1.29, 1.82) is 0 Å². The van der Waals surface area contributed by atoms with Gasteiger partial charge in [0.1, 0.15) is 0 Å². The molecule has 7 aromatic carbocycles. The van der Waals surface area contributed by atoms with Gasteiger partial charge in [0.05, 0.1) is 0 Å². The molecule has 0 bridgehead atoms. The van der Waals surface area contributed by atoms with Crippen LogP contribution in [0.15, 0.2) is 103 Å². The molecule has 0 heteroatoms. The number of hydrogen-bond acceptors (Lipinski definition) is 0. The van der Waals surface area contributed by atoms with Gasteiger partial charge >= 0.3 is 0 Å². The van der Waals surface area contributed by atoms with Crippen molar-refractivity contribution in [3.63, 3.8) is 0 Å². The van der Waals surface area contributed by atoms with Crippen LogP contribution in [0.25, 0.3) is 65.0 Å². The lowest BCUT2D eigenvalue weighted by Crippen LogP contribution is -2.11. The molecular formula is C34H26. The van der Waals surface area contributed by atoms with E-state index in [1.54, 1.807) is 0 Å². The van der Waals surface area contributed by atoms with Gasteiger partial charge in [-0.2, -0.15) is 0 Å². The predicted octanol–water partition coefficient (Wildman–Crippen LogP) is 9.85. The minimum Gasteiger partial charge on any atom is -0.0616 e. The quantitative estimate of drug-likeness (QED) is 0.178. The zero-order valence-electron chi connectivity index (χ0n) is 19.8. The summed E-state index contributed by atoms with van der Waals surface area (Å²) in [6, 6.07) is 38.5. The monoisotopic (exact) mass is 434 g/mol. The number of fused-ring (bicyclic) bond motifs is 2. The predicted molar refractivity (Wildman–Crippen MR) is 149 cm³/mol. The molecule has 0 heterocycles. The fourth-order valence-electron chi connectivity index (χ4n) is 5.98. The highest BCUT2D eigenvalue weighted by Crippen LogP contribution is 2.45. The minimum atomic E-state index is 0.0942. The second-order valence-corrected chi connectivity index (χ2v) is 10.6. The smallest absolute Gasteiger partial charge is 0.00205 e. The molecule has 0 saturated carbocycles. The van der Waals surface area contributed by atoms with Crippen molar-refractivity contribution in [1.82, 2.24) is 0 Å². The highest BCUT2D eigenvalue weighted by molar-refractivity contribution is 6.28. The second kappa shape index (κ2) is 6.81. The van der Waals surface area contributed by atoms with Crippen LogP contribution in [0.3, 0.4) is 0 Å². The van der Waals surface area contributed by atoms with E-state index in [4.69, 9.17) is 0 Å². The Labute approximate surface area is 199 Å². The van der Waals surface area contributed by atoms with Crippen LogP contribution in [-0.4, -0.2) is 0 Å². The van der Waals surface area contributed by atoms with Crippen LogP contribution >= 0.6 is 0 Å². The first-order chi connectivity index (χ1) is 16.5. The number of rotatable bonds is 1. The van der Waals surface area contributed by atoms with Crippen LogP contribution in [-0.2, 0) is 5.41 Å². The average molecular weight is 435 g/mol. The highest BCUT2D eigenvalue weighted by atomic mass is 14.2. The third-order valence-corrected chi connectivity index (χ3v) is 7.51. The zero-order chi connectivity index (χ0) is 23.0. The van der Waals surface area contributed by atoms with E-state index in [0.29, 0.717) is 0 Å². The molecule has 0 spiro atoms. The first-order valence-electron chi connectivity index (χ1n) is 12.1. The first-order valence-corrected chi connectivity index (χ1v) is 12.1. The summed E-state index contributed by atoms with van der Waals surface area (Å²) in [6.45, 7) is 6.94. The van der Waals surface area contributed by atoms with Gasteiger partial charge in [0.2, 0.25) is 0 Å². The number of benzene rings is 7. The largest absolute Gasteiger partial charge is 0.0616 e. The molecule has 0 aromatic heterocycles. The van der Waals surface area contributed by atoms with Crippen LogP contribution in [0.1, 0.15) is 26.3 Å². The maximum Gasteiger partial charge on any atom is -0.00205 e. The summed E-state index contributed by atoms with van der Waals surface area (Å²) >= 11 is 0. The molecule has 0 fully saturated rings. The Hall–Kier alpha value is -3.90. The maximum atomic E-state index is 2.34. The Kier molecular flexibility index (Phi) is 3.92. The Morgan fingerprint density at radius 3 is 1.62 bits per heavy atom. The summed E-state index contributed by atoms with van der Waals surface area (Å²) in [7, 11) is 0. The van der Waals surface area contributed by atoms with Gasteiger partial charge in [0.15, 0.2) is 0 Å². The summed E-state index contributed by atoms with van der Waals surface area (Å²) in [5.41, 5.74) is 4.16. The lowest BCUT2D eigenvalue weighted by atomic mass is 9.80. The molecule has 0 N–H and O–H groups in total. The first kappa shape index (κ1) is 19.6. The normalized spacial score (nSPS) is 12.6. The van der Waals surface area contributed by atoms with Crippen LogP contribution in [0, 0.1) is 0 Å². The molecule has 0 saturated heterocycles. The Morgan fingerprint density at radius 1 is 0.441 bits per heavy atom. The summed E-state index contributed by atoms with van der Waals surface area (Å²) in [5.74, 6) is 0. The molecule has 0 radical (unpaired) electrons. The van der Waals surface area contributed by atoms with Crippen LogP contribution in [0.2, 0.25) is 0 Å². The van der Waals surface area contributed by atoms with E-state index in [1.807, 2.05) is 0 Å². The van der Waals surface area contributed by atoms with Crippen LogP contribution in [0.4, 0.5) is 0 Å². The van der Waals surface area contributed by atoms with Gasteiger partial charge in [-0.1, -0.05) is 118 Å². The van der Waals surface area contributed by atoms with Crippen molar-refractivity contribution in [3.8, 4) is 11.1 Å². The van der Waals surface area contributed by atoms with Gasteiger partial charge in [-0.3, -0.25) is 0 Å². The number of hydrogen-bond donors (Lipinski definition) is 0. The van der Waals surface area contributed by atoms with E-state index in [2.05, 4.69) is 124 Å². The van der Waals surface area contributed by atoms with Gasteiger partial charge in [-0.25, -0.2) is 0 Å². The minimum absolute atomic E-state index is 0.0942. The molecule has 0 aliphatic carbocycles. The zero-order valence-corrected chi connectivity index (χ0v) is 19.8. The fourth-order valence-corrected chi connectivity index (χ4v) is 5.98. The van der Waals surface area contributed by atoms with Gasteiger partial charge < -0.3 is 0 Å². The Bertz CT molecular complexity index is 1830. The molecule has 7 rings (SSSR count). The summed E-state index contributed by atoms with van der Waals surface area (Å²) in [4.78, 5) is 0. The Balaban J connectivity index is 1.69. The highest BCUT2D eigenvalue weighted by Gasteiger charge is 2.21. The van der Waals surface area contributed by atoms with Gasteiger partial charge in [-0.05, 0) is 82.0 Å². The summed E-state index contributed by atoms with van der Waals surface area (Å²) < 4.78 is 0. The Morgan fingerprint density at radius 2 is 0.971 bits per heavy atom. The van der Waals surface area contributed by atoms with Crippen LogP contribution in [0.5, 0.6) is 0 Å². The molecular weight excluding hydrogens is 408 g/mol. The lowest BCUT2D eigenvalue weighted by molar-refractivity contribution is 0.596. The summed E-state index contributed by atoms with van der Waals surface area (Å²) in [5, 5.41) is 13.3. The van der Waals surface area contributed by atoms with E-state index >= 15 is 0 Å². The molecule has 0 amide bonds. The molecule has 0 aliphatic rings. The SMILES string of the molecule is CC(C)(C)c1ccc2ccc3c(-c4c5ccccc5cc5ccccc45)ccc4ccc1c2c43. The maximum absolute atomic E-state index is 2.34. The van der Waals surface area contributed by atoms with Gasteiger partial charge in [0, 0.05) is 0 Å². The molecule has 0 unspecified atom stereocenters. The fraction of sp³-hybridized carbons (Fsp3) is 0.118. The van der Waals surface area contributed by atoms with Gasteiger partial charge in [0.25, 0.3) is 0 Å². The van der Waals surface area contributed by atoms with Crippen molar-refractivity contribution in [2.45, 2.75) is 26.2 Å².